The summed E-state index contributed by atoms with van der Waals surface area (Å²) >= 11 is 0. The van der Waals surface area contributed by atoms with Crippen LogP contribution in [0.3, 0.4) is 0 Å². The molecule has 0 amide bonds. The summed E-state index contributed by atoms with van der Waals surface area (Å²) < 4.78 is 5.37. The number of nitro benzene ring substituents is 1. The van der Waals surface area contributed by atoms with Gasteiger partial charge in [-0.2, -0.15) is 0 Å². The smallest absolute Gasteiger partial charge is 0.342 e. The van der Waals surface area contributed by atoms with Gasteiger partial charge in [-0.05, 0) is 24.8 Å². The van der Waals surface area contributed by atoms with Crippen LogP contribution in [-0.2, 0) is 0 Å². The first kappa shape index (κ1) is 11.4. The zero-order chi connectivity index (χ0) is 12.4. The minimum Gasteiger partial charge on any atom is -0.493 e. The second-order valence-electron chi connectivity index (χ2n) is 4.00. The molecule has 0 atom stereocenters. The molecule has 0 unspecified atom stereocenters. The monoisotopic (exact) mass is 237 g/mol. The quantitative estimate of drug-likeness (QED) is 0.625. The Morgan fingerprint density at radius 1 is 1.53 bits per heavy atom. The number of nitro groups is 1. The van der Waals surface area contributed by atoms with E-state index in [1.165, 1.54) is 12.1 Å². The molecule has 0 radical (unpaired) electrons. The molecule has 0 aromatic heterocycles. The highest BCUT2D eigenvalue weighted by molar-refractivity contribution is 5.92. The Hall–Kier alpha value is -2.11. The van der Waals surface area contributed by atoms with Gasteiger partial charge < -0.3 is 9.84 Å². The molecule has 1 aromatic carbocycles. The summed E-state index contributed by atoms with van der Waals surface area (Å²) in [5, 5.41) is 19.5. The average Bonchev–Trinajstić information content (AvgIpc) is 3.09. The number of carboxylic acids is 1. The summed E-state index contributed by atoms with van der Waals surface area (Å²) in [4.78, 5) is 20.8. The summed E-state index contributed by atoms with van der Waals surface area (Å²) in [5.74, 6) is -0.424. The maximum Gasteiger partial charge on any atom is 0.342 e. The van der Waals surface area contributed by atoms with Gasteiger partial charge in [-0.15, -0.1) is 0 Å². The number of hydrogen-bond acceptors (Lipinski definition) is 4. The normalized spacial score (nSPS) is 14.4. The van der Waals surface area contributed by atoms with Crippen LogP contribution in [0, 0.1) is 16.0 Å². The molecule has 0 bridgehead atoms. The second-order valence-corrected chi connectivity index (χ2v) is 4.00. The van der Waals surface area contributed by atoms with E-state index in [1.807, 2.05) is 0 Å². The third kappa shape index (κ3) is 2.72. The van der Waals surface area contributed by atoms with E-state index < -0.39 is 16.6 Å². The van der Waals surface area contributed by atoms with E-state index in [1.54, 1.807) is 0 Å². The SMILES string of the molecule is O=C(O)c1cc(OCC2CC2)ccc1[N+](=O)[O-]. The number of carboxylic acid groups (broad SMARTS) is 1. The third-order valence-corrected chi connectivity index (χ3v) is 2.58. The van der Waals surface area contributed by atoms with Gasteiger partial charge in [0.2, 0.25) is 0 Å². The Kier molecular flexibility index (Phi) is 2.95. The van der Waals surface area contributed by atoms with Gasteiger partial charge in [0.25, 0.3) is 5.69 Å². The van der Waals surface area contributed by atoms with Gasteiger partial charge in [-0.1, -0.05) is 0 Å². The second kappa shape index (κ2) is 4.40. The van der Waals surface area contributed by atoms with Crippen LogP contribution in [0.4, 0.5) is 5.69 Å². The van der Waals surface area contributed by atoms with Gasteiger partial charge in [0.1, 0.15) is 11.3 Å². The van der Waals surface area contributed by atoms with Gasteiger partial charge in [-0.3, -0.25) is 10.1 Å². The van der Waals surface area contributed by atoms with Gasteiger partial charge in [0.05, 0.1) is 11.5 Å². The molecule has 90 valence electrons. The van der Waals surface area contributed by atoms with Crippen molar-refractivity contribution in [2.75, 3.05) is 6.61 Å². The van der Waals surface area contributed by atoms with Gasteiger partial charge >= 0.3 is 5.97 Å². The van der Waals surface area contributed by atoms with Crippen molar-refractivity contribution >= 4 is 11.7 Å². The van der Waals surface area contributed by atoms with Crippen LogP contribution in [0.15, 0.2) is 18.2 Å². The van der Waals surface area contributed by atoms with Crippen molar-refractivity contribution < 1.29 is 19.6 Å². The first-order valence-corrected chi connectivity index (χ1v) is 5.22. The van der Waals surface area contributed by atoms with Crippen LogP contribution in [0.5, 0.6) is 5.75 Å². The summed E-state index contributed by atoms with van der Waals surface area (Å²) in [6, 6.07) is 3.78. The Morgan fingerprint density at radius 3 is 2.76 bits per heavy atom. The fraction of sp³-hybridized carbons (Fsp3) is 0.364. The molecule has 1 aliphatic rings. The first-order valence-electron chi connectivity index (χ1n) is 5.22. The van der Waals surface area contributed by atoms with Crippen molar-refractivity contribution in [3.05, 3.63) is 33.9 Å². The maximum absolute atomic E-state index is 10.9. The van der Waals surface area contributed by atoms with E-state index in [9.17, 15) is 14.9 Å². The lowest BCUT2D eigenvalue weighted by molar-refractivity contribution is -0.385. The topological polar surface area (TPSA) is 89.7 Å². The van der Waals surface area contributed by atoms with E-state index in [4.69, 9.17) is 9.84 Å². The van der Waals surface area contributed by atoms with E-state index in [2.05, 4.69) is 0 Å². The van der Waals surface area contributed by atoms with E-state index >= 15 is 0 Å². The van der Waals surface area contributed by atoms with Crippen molar-refractivity contribution in [1.82, 2.24) is 0 Å². The minimum absolute atomic E-state index is 0.344. The summed E-state index contributed by atoms with van der Waals surface area (Å²) in [7, 11) is 0. The fourth-order valence-corrected chi connectivity index (χ4v) is 1.43. The molecule has 1 saturated carbocycles. The van der Waals surface area contributed by atoms with Crippen molar-refractivity contribution in [3.8, 4) is 5.75 Å². The predicted octanol–water partition coefficient (Wildman–Crippen LogP) is 2.08. The molecule has 2 rings (SSSR count). The average molecular weight is 237 g/mol. The van der Waals surface area contributed by atoms with Crippen molar-refractivity contribution in [3.63, 3.8) is 0 Å². The molecule has 1 aromatic rings. The molecule has 0 spiro atoms. The zero-order valence-corrected chi connectivity index (χ0v) is 8.96. The summed E-state index contributed by atoms with van der Waals surface area (Å²) in [5.41, 5.74) is -0.764. The molecule has 6 heteroatoms. The number of aromatic carboxylic acids is 1. The number of nitrogens with zero attached hydrogens (tertiary/aromatic N) is 1. The van der Waals surface area contributed by atoms with E-state index in [-0.39, 0.29) is 5.56 Å². The summed E-state index contributed by atoms with van der Waals surface area (Å²) in [6.45, 7) is 0.539. The number of rotatable bonds is 5. The molecule has 1 aliphatic carbocycles. The number of ether oxygens (including phenoxy) is 1. The molecule has 0 saturated heterocycles. The molecule has 1 fully saturated rings. The van der Waals surface area contributed by atoms with Gasteiger partial charge in [-0.25, -0.2) is 4.79 Å². The lowest BCUT2D eigenvalue weighted by Gasteiger charge is -2.06. The highest BCUT2D eigenvalue weighted by Crippen LogP contribution is 2.30. The molecule has 6 nitrogen and oxygen atoms in total. The number of hydrogen-bond donors (Lipinski definition) is 1. The first-order chi connectivity index (χ1) is 8.08. The van der Waals surface area contributed by atoms with Crippen LogP contribution in [0.1, 0.15) is 23.2 Å². The molecular formula is C11H11NO5. The van der Waals surface area contributed by atoms with Gasteiger partial charge in [0, 0.05) is 12.1 Å². The largest absolute Gasteiger partial charge is 0.493 e. The highest BCUT2D eigenvalue weighted by atomic mass is 16.6. The minimum atomic E-state index is -1.33. The van der Waals surface area contributed by atoms with Crippen LogP contribution < -0.4 is 4.74 Å². The Bertz CT molecular complexity index is 467. The molecule has 1 N–H and O–H groups in total. The third-order valence-electron chi connectivity index (χ3n) is 2.58. The molecule has 0 aliphatic heterocycles. The Balaban J connectivity index is 2.20. The Labute approximate surface area is 97.0 Å². The molecule has 0 heterocycles. The Morgan fingerprint density at radius 2 is 2.24 bits per heavy atom. The zero-order valence-electron chi connectivity index (χ0n) is 8.96. The maximum atomic E-state index is 10.9. The van der Waals surface area contributed by atoms with E-state index in [0.29, 0.717) is 18.3 Å². The van der Waals surface area contributed by atoms with Crippen molar-refractivity contribution in [1.29, 1.82) is 0 Å². The van der Waals surface area contributed by atoms with Crippen LogP contribution in [-0.4, -0.2) is 22.6 Å². The standard InChI is InChI=1S/C11H11NO5/c13-11(14)9-5-8(17-6-7-1-2-7)3-4-10(9)12(15)16/h3-5,7H,1-2,6H2,(H,13,14). The van der Waals surface area contributed by atoms with Crippen molar-refractivity contribution in [2.24, 2.45) is 5.92 Å². The summed E-state index contributed by atoms with van der Waals surface area (Å²) in [6.07, 6.45) is 2.25. The highest BCUT2D eigenvalue weighted by Gasteiger charge is 2.23. The van der Waals surface area contributed by atoms with Crippen LogP contribution >= 0.6 is 0 Å². The fourth-order valence-electron chi connectivity index (χ4n) is 1.43. The lowest BCUT2D eigenvalue weighted by Crippen LogP contribution is -2.05. The van der Waals surface area contributed by atoms with E-state index in [0.717, 1.165) is 18.9 Å². The van der Waals surface area contributed by atoms with Crippen molar-refractivity contribution in [2.45, 2.75) is 12.8 Å². The van der Waals surface area contributed by atoms with Gasteiger partial charge in [0.15, 0.2) is 0 Å². The predicted molar refractivity (Wildman–Crippen MR) is 58.3 cm³/mol. The molecular weight excluding hydrogens is 226 g/mol. The van der Waals surface area contributed by atoms with Crippen LogP contribution in [0.2, 0.25) is 0 Å². The number of carbonyl (C=O) groups is 1. The molecule has 17 heavy (non-hydrogen) atoms. The van der Waals surface area contributed by atoms with Crippen LogP contribution in [0.25, 0.3) is 0 Å². The number of benzene rings is 1. The lowest BCUT2D eigenvalue weighted by atomic mass is 10.1.